The molecule has 240 valence electrons. The maximum atomic E-state index is 14.2. The summed E-state index contributed by atoms with van der Waals surface area (Å²) in [5.74, 6) is -0.555. The van der Waals surface area contributed by atoms with Crippen LogP contribution in [0.1, 0.15) is 72.4 Å². The summed E-state index contributed by atoms with van der Waals surface area (Å²) in [5, 5.41) is 9.18. The summed E-state index contributed by atoms with van der Waals surface area (Å²) in [4.78, 5) is 17.1. The number of rotatable bonds is 5. The average Bonchev–Trinajstić information content (AvgIpc) is 3.46. The third-order valence-corrected chi connectivity index (χ3v) is 11.3. The van der Waals surface area contributed by atoms with E-state index in [-0.39, 0.29) is 47.6 Å². The van der Waals surface area contributed by atoms with Crippen LogP contribution >= 0.6 is 0 Å². The van der Waals surface area contributed by atoms with Gasteiger partial charge in [-0.15, -0.1) is 0 Å². The van der Waals surface area contributed by atoms with Crippen LogP contribution in [0.4, 0.5) is 29.2 Å². The molecule has 0 saturated carbocycles. The smallest absolute Gasteiger partial charge is 0.418 e. The quantitative estimate of drug-likeness (QED) is 0.465. The zero-order chi connectivity index (χ0) is 31.7. The van der Waals surface area contributed by atoms with Crippen LogP contribution in [0.2, 0.25) is 0 Å². The molecule has 3 fully saturated rings. The van der Waals surface area contributed by atoms with Crippen LogP contribution in [0.5, 0.6) is 6.01 Å². The Balaban J connectivity index is 1.42. The van der Waals surface area contributed by atoms with Gasteiger partial charge >= 0.3 is 12.2 Å². The van der Waals surface area contributed by atoms with Crippen molar-refractivity contribution >= 4 is 21.5 Å². The Morgan fingerprint density at radius 1 is 1.20 bits per heavy atom. The van der Waals surface area contributed by atoms with Gasteiger partial charge in [-0.1, -0.05) is 0 Å². The fourth-order valence-electron chi connectivity index (χ4n) is 7.39. The summed E-state index contributed by atoms with van der Waals surface area (Å²) in [7, 11) is -4.23. The second-order valence-electron chi connectivity index (χ2n) is 12.9. The van der Waals surface area contributed by atoms with E-state index < -0.39 is 55.8 Å². The van der Waals surface area contributed by atoms with E-state index in [1.54, 1.807) is 11.8 Å². The highest BCUT2D eigenvalue weighted by molar-refractivity contribution is 7.91. The Labute approximate surface area is 253 Å². The van der Waals surface area contributed by atoms with E-state index in [4.69, 9.17) is 10.5 Å². The molecule has 4 aliphatic heterocycles. The number of aromatic nitrogens is 3. The third-order valence-electron chi connectivity index (χ3n) is 9.35. The maximum Gasteiger partial charge on any atom is 0.418 e. The number of fused-ring (bicyclic) bond motifs is 2. The Morgan fingerprint density at radius 2 is 1.95 bits per heavy atom. The lowest BCUT2D eigenvalue weighted by Gasteiger charge is -2.39. The molecule has 6 heterocycles. The van der Waals surface area contributed by atoms with Gasteiger partial charge in [0.15, 0.2) is 9.84 Å². The number of aryl methyl sites for hydroxylation is 1. The summed E-state index contributed by atoms with van der Waals surface area (Å²) in [6.07, 6.45) is -1.23. The molecule has 0 unspecified atom stereocenters. The second-order valence-corrected chi connectivity index (χ2v) is 15.1. The monoisotopic (exact) mass is 640 g/mol. The summed E-state index contributed by atoms with van der Waals surface area (Å²) in [6.45, 7) is 5.04. The topological polar surface area (TPSA) is 135 Å². The molecule has 4 aliphatic rings. The van der Waals surface area contributed by atoms with Crippen molar-refractivity contribution in [2.75, 3.05) is 43.4 Å². The van der Waals surface area contributed by atoms with Gasteiger partial charge in [0.2, 0.25) is 0 Å². The third kappa shape index (κ3) is 5.62. The summed E-state index contributed by atoms with van der Waals surface area (Å²) < 4.78 is 89.7. The van der Waals surface area contributed by atoms with Crippen LogP contribution in [-0.2, 0) is 28.2 Å². The minimum absolute atomic E-state index is 0.0475. The molecule has 15 heteroatoms. The number of nitrogen functional groups attached to an aromatic ring is 1. The number of alkyl halides is 3. The molecule has 0 amide bonds. The van der Waals surface area contributed by atoms with Crippen molar-refractivity contribution in [3.05, 3.63) is 46.0 Å². The largest absolute Gasteiger partial charge is 0.461 e. The maximum absolute atomic E-state index is 14.2. The van der Waals surface area contributed by atoms with E-state index in [0.29, 0.717) is 44.3 Å². The first-order chi connectivity index (χ1) is 20.6. The number of ether oxygens (including phenoxy) is 1. The Morgan fingerprint density at radius 3 is 2.66 bits per heavy atom. The Kier molecular flexibility index (Phi) is 7.60. The SMILES string of the molecule is Cc1cc(N)nc([C@H]2Cc3nc(OC[C@@]45CCCN4CC(=CF)C5)nc(N4CCC[C@@](C)(O)C4)c3CS2(=O)=O)c1C(F)(F)F. The van der Waals surface area contributed by atoms with Gasteiger partial charge in [-0.25, -0.2) is 17.8 Å². The predicted molar refractivity (Wildman–Crippen MR) is 154 cm³/mol. The number of sulfone groups is 1. The standard InChI is InChI=1S/C29H36F4N6O4S/c1-17-9-22(34)36-24(23(17)29(31,32)33)21-10-20-19(14-44(21,41)42)25(38-7-3-5-27(2,40)15-38)37-26(35-20)43-16-28-6-4-8-39(28)13-18(11-28)12-30/h9,12,21,40H,3-8,10-11,13-16H2,1-2H3,(H2,34,36)/t21-,27-,28+/m1/s1. The first-order valence-corrected chi connectivity index (χ1v) is 16.4. The molecule has 2 aromatic heterocycles. The van der Waals surface area contributed by atoms with Gasteiger partial charge in [-0.05, 0) is 69.7 Å². The summed E-state index contributed by atoms with van der Waals surface area (Å²) in [5.41, 5.74) is 3.51. The highest BCUT2D eigenvalue weighted by Crippen LogP contribution is 2.45. The van der Waals surface area contributed by atoms with E-state index in [2.05, 4.69) is 19.9 Å². The van der Waals surface area contributed by atoms with E-state index in [9.17, 15) is 31.1 Å². The highest BCUT2D eigenvalue weighted by atomic mass is 32.2. The molecule has 0 aliphatic carbocycles. The molecule has 2 aromatic rings. The molecule has 0 aromatic carbocycles. The minimum Gasteiger partial charge on any atom is -0.461 e. The molecule has 3 N–H and O–H groups in total. The van der Waals surface area contributed by atoms with Crippen LogP contribution in [0.15, 0.2) is 18.0 Å². The number of pyridine rings is 1. The molecule has 0 radical (unpaired) electrons. The van der Waals surface area contributed by atoms with Crippen molar-refractivity contribution < 1.29 is 35.8 Å². The number of hydrogen-bond donors (Lipinski definition) is 2. The van der Waals surface area contributed by atoms with Crippen LogP contribution in [0, 0.1) is 6.92 Å². The molecule has 6 rings (SSSR count). The van der Waals surface area contributed by atoms with Crippen molar-refractivity contribution in [3.8, 4) is 6.01 Å². The van der Waals surface area contributed by atoms with E-state index >= 15 is 0 Å². The number of halogens is 4. The van der Waals surface area contributed by atoms with Crippen LogP contribution in [0.3, 0.4) is 0 Å². The van der Waals surface area contributed by atoms with Crippen molar-refractivity contribution in [2.24, 2.45) is 0 Å². The van der Waals surface area contributed by atoms with Gasteiger partial charge in [0.1, 0.15) is 23.5 Å². The molecule has 0 bridgehead atoms. The van der Waals surface area contributed by atoms with Crippen molar-refractivity contribution in [3.63, 3.8) is 0 Å². The number of piperidine rings is 1. The minimum atomic E-state index is -4.86. The zero-order valence-electron chi connectivity index (χ0n) is 24.6. The summed E-state index contributed by atoms with van der Waals surface area (Å²) >= 11 is 0. The van der Waals surface area contributed by atoms with Gasteiger partial charge in [0, 0.05) is 31.6 Å². The first-order valence-electron chi connectivity index (χ1n) is 14.7. The molecular formula is C29H36F4N6O4S. The number of anilines is 2. The van der Waals surface area contributed by atoms with E-state index in [1.165, 1.54) is 6.92 Å². The highest BCUT2D eigenvalue weighted by Gasteiger charge is 2.48. The zero-order valence-corrected chi connectivity index (χ0v) is 25.4. The van der Waals surface area contributed by atoms with Crippen molar-refractivity contribution in [1.82, 2.24) is 19.9 Å². The van der Waals surface area contributed by atoms with Gasteiger partial charge in [-0.2, -0.15) is 23.1 Å². The molecule has 0 spiro atoms. The lowest BCUT2D eigenvalue weighted by molar-refractivity contribution is -0.139. The van der Waals surface area contributed by atoms with Gasteiger partial charge in [0.25, 0.3) is 0 Å². The normalized spacial score (nSPS) is 29.6. The van der Waals surface area contributed by atoms with Gasteiger partial charge < -0.3 is 20.5 Å². The molecule has 3 saturated heterocycles. The predicted octanol–water partition coefficient (Wildman–Crippen LogP) is 3.81. The van der Waals surface area contributed by atoms with E-state index in [0.717, 1.165) is 25.5 Å². The van der Waals surface area contributed by atoms with E-state index in [1.807, 2.05) is 0 Å². The van der Waals surface area contributed by atoms with Crippen LogP contribution in [-0.4, -0.2) is 77.3 Å². The lowest BCUT2D eigenvalue weighted by Crippen LogP contribution is -2.47. The van der Waals surface area contributed by atoms with Crippen molar-refractivity contribution in [1.29, 1.82) is 0 Å². The molecule has 3 atom stereocenters. The number of hydrogen-bond acceptors (Lipinski definition) is 10. The fraction of sp³-hybridized carbons (Fsp3) is 0.621. The molecule has 10 nitrogen and oxygen atoms in total. The first kappa shape index (κ1) is 31.0. The Bertz CT molecular complexity index is 1620. The van der Waals surface area contributed by atoms with Crippen LogP contribution < -0.4 is 15.4 Å². The Hall–Kier alpha value is -3.04. The van der Waals surface area contributed by atoms with Gasteiger partial charge in [0.05, 0.1) is 40.2 Å². The lowest BCUT2D eigenvalue weighted by atomic mass is 9.94. The van der Waals surface area contributed by atoms with Crippen LogP contribution in [0.25, 0.3) is 0 Å². The fourth-order valence-corrected chi connectivity index (χ4v) is 9.21. The summed E-state index contributed by atoms with van der Waals surface area (Å²) in [6, 6.07) is 1.02. The van der Waals surface area contributed by atoms with Gasteiger partial charge in [-0.3, -0.25) is 4.90 Å². The van der Waals surface area contributed by atoms with Crippen molar-refractivity contribution in [2.45, 2.75) is 80.7 Å². The molecule has 44 heavy (non-hydrogen) atoms. The number of nitrogens with two attached hydrogens (primary N) is 1. The number of nitrogens with zero attached hydrogens (tertiary/aromatic N) is 5. The molecular weight excluding hydrogens is 604 g/mol. The number of β-amino-alcohol motifs (C(OH)–C–C–N with tert-alkyl or cyclic N) is 1. The average molecular weight is 641 g/mol. The number of aliphatic hydroxyl groups is 1. The second kappa shape index (κ2) is 10.8.